The Labute approximate surface area is 148 Å². The van der Waals surface area contributed by atoms with Crippen LogP contribution in [0.15, 0.2) is 60.4 Å². The highest BCUT2D eigenvalue weighted by Gasteiger charge is 2.23. The highest BCUT2D eigenvalue weighted by Crippen LogP contribution is 2.35. The lowest BCUT2D eigenvalue weighted by molar-refractivity contribution is -0.117. The van der Waals surface area contributed by atoms with E-state index >= 15 is 0 Å². The number of aliphatic hydroxyl groups excluding tert-OH is 1. The number of carboxylic acid groups (broad SMARTS) is 2. The van der Waals surface area contributed by atoms with Gasteiger partial charge in [-0.05, 0) is 52.6 Å². The summed E-state index contributed by atoms with van der Waals surface area (Å²) in [5.74, 6) is -3.10. The third-order valence-corrected chi connectivity index (χ3v) is 4.11. The summed E-state index contributed by atoms with van der Waals surface area (Å²) in [5, 5.41) is 28.2. The molecule has 6 heteroatoms. The molecule has 26 heavy (non-hydrogen) atoms. The second kappa shape index (κ2) is 6.68. The number of allylic oxidation sites excluding steroid dienone is 4. The van der Waals surface area contributed by atoms with Crippen molar-refractivity contribution >= 4 is 28.9 Å². The van der Waals surface area contributed by atoms with E-state index in [1.165, 1.54) is 30.3 Å². The molecule has 3 N–H and O–H groups in total. The minimum Gasteiger partial charge on any atom is -0.504 e. The predicted octanol–water partition coefficient (Wildman–Crippen LogP) is 3.41. The molecule has 6 nitrogen and oxygen atoms in total. The maximum absolute atomic E-state index is 12.0. The zero-order valence-electron chi connectivity index (χ0n) is 13.5. The van der Waals surface area contributed by atoms with E-state index in [1.54, 1.807) is 24.3 Å². The van der Waals surface area contributed by atoms with Gasteiger partial charge in [0.2, 0.25) is 5.78 Å². The van der Waals surface area contributed by atoms with Crippen molar-refractivity contribution in [1.82, 2.24) is 0 Å². The van der Waals surface area contributed by atoms with Gasteiger partial charge in [-0.2, -0.15) is 0 Å². The van der Waals surface area contributed by atoms with Crippen molar-refractivity contribution in [3.05, 3.63) is 82.6 Å². The van der Waals surface area contributed by atoms with Crippen molar-refractivity contribution in [3.8, 4) is 0 Å². The Morgan fingerprint density at radius 1 is 0.846 bits per heavy atom. The molecule has 0 aliphatic heterocycles. The van der Waals surface area contributed by atoms with Gasteiger partial charge in [-0.25, -0.2) is 9.59 Å². The Balaban J connectivity index is 2.23. The highest BCUT2D eigenvalue weighted by atomic mass is 16.4. The number of benzene rings is 2. The number of hydrogen-bond acceptors (Lipinski definition) is 4. The van der Waals surface area contributed by atoms with Crippen molar-refractivity contribution in [3.63, 3.8) is 0 Å². The van der Waals surface area contributed by atoms with Crippen LogP contribution in [0.3, 0.4) is 0 Å². The van der Waals surface area contributed by atoms with E-state index in [-0.39, 0.29) is 17.5 Å². The zero-order valence-corrected chi connectivity index (χ0v) is 13.5. The van der Waals surface area contributed by atoms with E-state index in [9.17, 15) is 29.7 Å². The fraction of sp³-hybridized carbons (Fsp3) is 0.0500. The van der Waals surface area contributed by atoms with Gasteiger partial charge in [-0.15, -0.1) is 0 Å². The fourth-order valence-corrected chi connectivity index (χ4v) is 2.83. The molecule has 0 atom stereocenters. The molecule has 2 aromatic carbocycles. The summed E-state index contributed by atoms with van der Waals surface area (Å²) in [6.07, 6.45) is 1.17. The molecule has 0 spiro atoms. The van der Waals surface area contributed by atoms with Gasteiger partial charge in [0.1, 0.15) is 0 Å². The lowest BCUT2D eigenvalue weighted by Gasteiger charge is -2.18. The van der Waals surface area contributed by atoms with Gasteiger partial charge in [0, 0.05) is 6.42 Å². The number of Topliss-reactive ketones (excluding diaryl/α,β-unsaturated/α-hetero) is 1. The SMILES string of the molecule is O=C1CC(c2cccc(C(=O)O)c2)=C(c2cccc(C(=O)O)c2)C=C1O. The maximum Gasteiger partial charge on any atom is 0.335 e. The van der Waals surface area contributed by atoms with Crippen LogP contribution in [0.4, 0.5) is 0 Å². The van der Waals surface area contributed by atoms with Crippen LogP contribution >= 0.6 is 0 Å². The molecule has 0 radical (unpaired) electrons. The molecule has 2 aromatic rings. The van der Waals surface area contributed by atoms with Crippen LogP contribution in [0, 0.1) is 0 Å². The van der Waals surface area contributed by atoms with E-state index in [4.69, 9.17) is 0 Å². The number of ketones is 1. The summed E-state index contributed by atoms with van der Waals surface area (Å²) < 4.78 is 0. The number of carbonyl (C=O) groups is 3. The predicted molar refractivity (Wildman–Crippen MR) is 94.0 cm³/mol. The fourth-order valence-electron chi connectivity index (χ4n) is 2.83. The van der Waals surface area contributed by atoms with Crippen molar-refractivity contribution < 1.29 is 29.7 Å². The molecule has 0 unspecified atom stereocenters. The summed E-state index contributed by atoms with van der Waals surface area (Å²) in [4.78, 5) is 34.4. The summed E-state index contributed by atoms with van der Waals surface area (Å²) in [5.41, 5.74) is 2.18. The standard InChI is InChI=1S/C20H14O6/c21-17-9-15(11-3-1-5-13(7-11)19(23)24)16(10-18(17)22)12-4-2-6-14(8-12)20(25)26/h1-9,21H,10H2,(H,23,24)(H,25,26). The van der Waals surface area contributed by atoms with Gasteiger partial charge in [-0.3, -0.25) is 4.79 Å². The van der Waals surface area contributed by atoms with Crippen molar-refractivity contribution in [2.45, 2.75) is 6.42 Å². The summed E-state index contributed by atoms with van der Waals surface area (Å²) in [6, 6.07) is 12.2. The molecule has 0 heterocycles. The molecule has 0 saturated carbocycles. The molecule has 0 bridgehead atoms. The molecular weight excluding hydrogens is 336 g/mol. The largest absolute Gasteiger partial charge is 0.504 e. The van der Waals surface area contributed by atoms with Crippen LogP contribution in [0.5, 0.6) is 0 Å². The van der Waals surface area contributed by atoms with Gasteiger partial charge in [0.05, 0.1) is 11.1 Å². The first kappa shape index (κ1) is 17.2. The number of aliphatic hydroxyl groups is 1. The third kappa shape index (κ3) is 3.25. The lowest BCUT2D eigenvalue weighted by atomic mass is 9.86. The second-order valence-corrected chi connectivity index (χ2v) is 5.79. The van der Waals surface area contributed by atoms with E-state index < -0.39 is 23.5 Å². The van der Waals surface area contributed by atoms with Crippen LogP contribution in [-0.4, -0.2) is 33.0 Å². The van der Waals surface area contributed by atoms with Crippen LogP contribution < -0.4 is 0 Å². The maximum atomic E-state index is 12.0. The van der Waals surface area contributed by atoms with Crippen molar-refractivity contribution in [2.24, 2.45) is 0 Å². The smallest absolute Gasteiger partial charge is 0.335 e. The van der Waals surface area contributed by atoms with Crippen LogP contribution in [0.25, 0.3) is 11.1 Å². The topological polar surface area (TPSA) is 112 Å². The zero-order chi connectivity index (χ0) is 18.8. The molecule has 0 fully saturated rings. The number of rotatable bonds is 4. The first-order valence-corrected chi connectivity index (χ1v) is 7.71. The summed E-state index contributed by atoms with van der Waals surface area (Å²) in [7, 11) is 0. The molecule has 1 aliphatic rings. The molecule has 3 rings (SSSR count). The van der Waals surface area contributed by atoms with Gasteiger partial charge in [0.25, 0.3) is 0 Å². The third-order valence-electron chi connectivity index (χ3n) is 4.11. The second-order valence-electron chi connectivity index (χ2n) is 5.79. The summed E-state index contributed by atoms with van der Waals surface area (Å²) >= 11 is 0. The van der Waals surface area contributed by atoms with Gasteiger partial charge in [0.15, 0.2) is 5.76 Å². The molecule has 0 saturated heterocycles. The van der Waals surface area contributed by atoms with E-state index in [0.717, 1.165) is 0 Å². The van der Waals surface area contributed by atoms with E-state index in [1.807, 2.05) is 0 Å². The van der Waals surface area contributed by atoms with Gasteiger partial charge in [-0.1, -0.05) is 24.3 Å². The van der Waals surface area contributed by atoms with Crippen molar-refractivity contribution in [2.75, 3.05) is 0 Å². The quantitative estimate of drug-likeness (QED) is 0.779. The lowest BCUT2D eigenvalue weighted by Crippen LogP contribution is -2.10. The highest BCUT2D eigenvalue weighted by molar-refractivity contribution is 6.13. The minimum absolute atomic E-state index is 0.0680. The Morgan fingerprint density at radius 3 is 1.96 bits per heavy atom. The Morgan fingerprint density at radius 2 is 1.38 bits per heavy atom. The number of hydrogen-bond donors (Lipinski definition) is 3. The van der Waals surface area contributed by atoms with Crippen LogP contribution in [-0.2, 0) is 4.79 Å². The number of carboxylic acids is 2. The average Bonchev–Trinajstić information content (AvgIpc) is 2.63. The minimum atomic E-state index is -1.10. The number of aromatic carboxylic acids is 2. The van der Waals surface area contributed by atoms with Crippen molar-refractivity contribution in [1.29, 1.82) is 0 Å². The first-order chi connectivity index (χ1) is 12.4. The Bertz CT molecular complexity index is 997. The normalized spacial score (nSPS) is 14.2. The summed E-state index contributed by atoms with van der Waals surface area (Å²) in [6.45, 7) is 0. The molecule has 0 amide bonds. The molecular formula is C20H14O6. The van der Waals surface area contributed by atoms with Crippen LogP contribution in [0.1, 0.15) is 38.3 Å². The van der Waals surface area contributed by atoms with E-state index in [2.05, 4.69) is 0 Å². The number of carbonyl (C=O) groups excluding carboxylic acids is 1. The first-order valence-electron chi connectivity index (χ1n) is 7.71. The van der Waals surface area contributed by atoms with E-state index in [0.29, 0.717) is 22.3 Å². The van der Waals surface area contributed by atoms with Gasteiger partial charge < -0.3 is 15.3 Å². The molecule has 0 aromatic heterocycles. The molecule has 130 valence electrons. The molecule has 1 aliphatic carbocycles. The van der Waals surface area contributed by atoms with Crippen LogP contribution in [0.2, 0.25) is 0 Å². The van der Waals surface area contributed by atoms with Gasteiger partial charge >= 0.3 is 11.9 Å². The average molecular weight is 350 g/mol. The monoisotopic (exact) mass is 350 g/mol. The Kier molecular flexibility index (Phi) is 4.41. The Hall–Kier alpha value is -3.67.